The lowest BCUT2D eigenvalue weighted by molar-refractivity contribution is -0.155. The largest absolute Gasteiger partial charge is 0.466 e. The number of hydrogen-bond acceptors (Lipinski definition) is 6. The van der Waals surface area contributed by atoms with Crippen LogP contribution in [0.25, 0.3) is 0 Å². The van der Waals surface area contributed by atoms with E-state index in [9.17, 15) is 14.4 Å². The van der Waals surface area contributed by atoms with Gasteiger partial charge in [-0.2, -0.15) is 0 Å². The van der Waals surface area contributed by atoms with Gasteiger partial charge in [-0.05, 0) is 55.5 Å². The molecule has 2 heterocycles. The first kappa shape index (κ1) is 19.8. The van der Waals surface area contributed by atoms with Gasteiger partial charge < -0.3 is 14.1 Å². The fraction of sp³-hybridized carbons (Fsp3) is 0.409. The molecule has 1 aliphatic carbocycles. The predicted molar refractivity (Wildman–Crippen MR) is 109 cm³/mol. The third-order valence-corrected chi connectivity index (χ3v) is 6.75. The second kappa shape index (κ2) is 8.06. The lowest BCUT2D eigenvalue weighted by Gasteiger charge is -2.26. The van der Waals surface area contributed by atoms with Crippen molar-refractivity contribution in [3.63, 3.8) is 0 Å². The molecule has 1 aromatic carbocycles. The van der Waals surface area contributed by atoms with Gasteiger partial charge in [0.1, 0.15) is 17.2 Å². The molecule has 1 fully saturated rings. The molecule has 0 saturated carbocycles. The van der Waals surface area contributed by atoms with Crippen LogP contribution in [0.3, 0.4) is 0 Å². The Kier molecular flexibility index (Phi) is 5.50. The minimum atomic E-state index is -0.913. The molecule has 6 nitrogen and oxygen atoms in total. The van der Waals surface area contributed by atoms with Crippen molar-refractivity contribution in [3.05, 3.63) is 59.0 Å². The van der Waals surface area contributed by atoms with Crippen LogP contribution in [0.1, 0.15) is 52.9 Å². The van der Waals surface area contributed by atoms with Crippen LogP contribution in [0.2, 0.25) is 0 Å². The molecule has 1 aliphatic heterocycles. The Morgan fingerprint density at radius 1 is 1.21 bits per heavy atom. The minimum Gasteiger partial charge on any atom is -0.466 e. The van der Waals surface area contributed by atoms with E-state index in [2.05, 4.69) is 0 Å². The maximum atomic E-state index is 12.8. The van der Waals surface area contributed by atoms with Crippen LogP contribution in [0.4, 0.5) is 0 Å². The third-order valence-electron chi connectivity index (χ3n) is 5.47. The number of ether oxygens (including phenoxy) is 1. The van der Waals surface area contributed by atoms with Gasteiger partial charge in [-0.1, -0.05) is 12.1 Å². The first-order valence-electron chi connectivity index (χ1n) is 9.76. The van der Waals surface area contributed by atoms with Gasteiger partial charge in [-0.15, -0.1) is 11.8 Å². The molecule has 2 aliphatic rings. The molecule has 29 heavy (non-hydrogen) atoms. The van der Waals surface area contributed by atoms with E-state index >= 15 is 0 Å². The summed E-state index contributed by atoms with van der Waals surface area (Å²) < 4.78 is 10.9. The van der Waals surface area contributed by atoms with E-state index in [0.29, 0.717) is 17.1 Å². The Labute approximate surface area is 173 Å². The highest BCUT2D eigenvalue weighted by atomic mass is 32.2. The van der Waals surface area contributed by atoms with Crippen LogP contribution in [-0.4, -0.2) is 40.5 Å². The fourth-order valence-electron chi connectivity index (χ4n) is 3.99. The molecule has 7 heteroatoms. The van der Waals surface area contributed by atoms with E-state index in [-0.39, 0.29) is 17.1 Å². The molecule has 0 N–H and O–H groups in total. The Morgan fingerprint density at radius 3 is 2.72 bits per heavy atom. The molecule has 0 unspecified atom stereocenters. The molecule has 1 aromatic heterocycles. The number of aryl methyl sites for hydroxylation is 2. The Bertz CT molecular complexity index is 939. The normalized spacial score (nSPS) is 21.7. The average Bonchev–Trinajstić information content (AvgIpc) is 3.45. The third kappa shape index (κ3) is 3.83. The van der Waals surface area contributed by atoms with E-state index < -0.39 is 18.1 Å². The van der Waals surface area contributed by atoms with Gasteiger partial charge in [0.05, 0.1) is 6.26 Å². The molecule has 152 valence electrons. The van der Waals surface area contributed by atoms with E-state index in [1.807, 2.05) is 12.1 Å². The fourth-order valence-corrected chi connectivity index (χ4v) is 5.41. The SMILES string of the molecule is CC(=O)N1[C@@H](c2ccco2)SC[C@H]1C(=O)O[C@H](C)C(=O)c1ccc2c(c1)CCC2. The van der Waals surface area contributed by atoms with Crippen molar-refractivity contribution in [1.82, 2.24) is 4.90 Å². The number of nitrogens with zero attached hydrogens (tertiary/aromatic N) is 1. The van der Waals surface area contributed by atoms with Crippen LogP contribution < -0.4 is 0 Å². The van der Waals surface area contributed by atoms with Crippen LogP contribution in [0, 0.1) is 0 Å². The summed E-state index contributed by atoms with van der Waals surface area (Å²) in [6.45, 7) is 3.00. The second-order valence-electron chi connectivity index (χ2n) is 7.42. The van der Waals surface area contributed by atoms with Crippen molar-refractivity contribution >= 4 is 29.4 Å². The Morgan fingerprint density at radius 2 is 2.00 bits per heavy atom. The molecule has 0 radical (unpaired) electrons. The summed E-state index contributed by atoms with van der Waals surface area (Å²) >= 11 is 1.44. The molecular weight excluding hydrogens is 390 g/mol. The molecular formula is C22H23NO5S. The Hall–Kier alpha value is -2.54. The highest BCUT2D eigenvalue weighted by molar-refractivity contribution is 7.99. The van der Waals surface area contributed by atoms with Crippen molar-refractivity contribution in [2.75, 3.05) is 5.75 Å². The topological polar surface area (TPSA) is 76.8 Å². The zero-order valence-corrected chi connectivity index (χ0v) is 17.2. The van der Waals surface area contributed by atoms with Gasteiger partial charge in [0.2, 0.25) is 11.7 Å². The van der Waals surface area contributed by atoms with Gasteiger partial charge in [0, 0.05) is 18.2 Å². The highest BCUT2D eigenvalue weighted by Gasteiger charge is 2.43. The summed E-state index contributed by atoms with van der Waals surface area (Å²) in [5.41, 5.74) is 3.05. The van der Waals surface area contributed by atoms with Crippen molar-refractivity contribution < 1.29 is 23.5 Å². The predicted octanol–water partition coefficient (Wildman–Crippen LogP) is 3.55. The number of carbonyl (C=O) groups excluding carboxylic acids is 3. The maximum Gasteiger partial charge on any atom is 0.330 e. The van der Waals surface area contributed by atoms with Gasteiger partial charge in [-0.3, -0.25) is 9.59 Å². The van der Waals surface area contributed by atoms with Gasteiger partial charge >= 0.3 is 5.97 Å². The highest BCUT2D eigenvalue weighted by Crippen LogP contribution is 2.42. The number of hydrogen-bond donors (Lipinski definition) is 0. The number of Topliss-reactive ketones (excluding diaryl/α,β-unsaturated/α-hetero) is 1. The molecule has 4 rings (SSSR count). The van der Waals surface area contributed by atoms with E-state index in [4.69, 9.17) is 9.15 Å². The Balaban J connectivity index is 1.45. The van der Waals surface area contributed by atoms with E-state index in [0.717, 1.165) is 19.3 Å². The van der Waals surface area contributed by atoms with Crippen molar-refractivity contribution in [2.24, 2.45) is 0 Å². The van der Waals surface area contributed by atoms with Crippen molar-refractivity contribution in [3.8, 4) is 0 Å². The van der Waals surface area contributed by atoms with Gasteiger partial charge in [-0.25, -0.2) is 4.79 Å². The van der Waals surface area contributed by atoms with Crippen molar-refractivity contribution in [2.45, 2.75) is 50.6 Å². The van der Waals surface area contributed by atoms with Crippen molar-refractivity contribution in [1.29, 1.82) is 0 Å². The quantitative estimate of drug-likeness (QED) is 0.551. The summed E-state index contributed by atoms with van der Waals surface area (Å²) in [5, 5.41) is -0.372. The first-order valence-corrected chi connectivity index (χ1v) is 10.8. The lowest BCUT2D eigenvalue weighted by Crippen LogP contribution is -2.44. The monoisotopic (exact) mass is 413 g/mol. The number of furan rings is 1. The summed E-state index contributed by atoms with van der Waals surface area (Å²) in [4.78, 5) is 39.3. The van der Waals surface area contributed by atoms with Gasteiger partial charge in [0.25, 0.3) is 0 Å². The summed E-state index contributed by atoms with van der Waals surface area (Å²) in [5.74, 6) is -0.0260. The zero-order valence-electron chi connectivity index (χ0n) is 16.4. The number of fused-ring (bicyclic) bond motifs is 1. The summed E-state index contributed by atoms with van der Waals surface area (Å²) in [6, 6.07) is 8.48. The molecule has 1 amide bonds. The van der Waals surface area contributed by atoms with E-state index in [1.165, 1.54) is 41.0 Å². The lowest BCUT2D eigenvalue weighted by atomic mass is 10.0. The van der Waals surface area contributed by atoms with Gasteiger partial charge in [0.15, 0.2) is 6.10 Å². The number of thioether (sulfide) groups is 1. The second-order valence-corrected chi connectivity index (χ2v) is 8.54. The number of rotatable bonds is 5. The van der Waals surface area contributed by atoms with Crippen LogP contribution >= 0.6 is 11.8 Å². The standard InChI is InChI=1S/C22H23NO5S/c1-13(20(25)17-9-8-15-5-3-6-16(15)11-17)28-22(26)18-12-29-21(23(18)14(2)24)19-7-4-10-27-19/h4,7-11,13,18,21H,3,5-6,12H2,1-2H3/t13-,18+,21-/m1/s1. The van der Waals surface area contributed by atoms with Crippen LogP contribution in [-0.2, 0) is 27.2 Å². The average molecular weight is 413 g/mol. The minimum absolute atomic E-state index is 0.226. The first-order chi connectivity index (χ1) is 14.0. The smallest absolute Gasteiger partial charge is 0.330 e. The number of amides is 1. The zero-order chi connectivity index (χ0) is 20.5. The number of esters is 1. The molecule has 0 spiro atoms. The van der Waals surface area contributed by atoms with Crippen LogP contribution in [0.5, 0.6) is 0 Å². The number of ketones is 1. The summed E-state index contributed by atoms with van der Waals surface area (Å²) in [6.07, 6.45) is 3.76. The number of carbonyl (C=O) groups is 3. The maximum absolute atomic E-state index is 12.8. The van der Waals surface area contributed by atoms with E-state index in [1.54, 1.807) is 25.1 Å². The molecule has 2 aromatic rings. The number of benzene rings is 1. The summed E-state index contributed by atoms with van der Waals surface area (Å²) in [7, 11) is 0. The molecule has 3 atom stereocenters. The molecule has 0 bridgehead atoms. The molecule has 1 saturated heterocycles. The van der Waals surface area contributed by atoms with Crippen LogP contribution in [0.15, 0.2) is 41.0 Å².